The van der Waals surface area contributed by atoms with Crippen molar-refractivity contribution < 1.29 is 26.4 Å². The highest BCUT2D eigenvalue weighted by molar-refractivity contribution is 7.89. The van der Waals surface area contributed by atoms with Crippen LogP contribution in [-0.2, 0) is 27.5 Å². The molecule has 8 nitrogen and oxygen atoms in total. The van der Waals surface area contributed by atoms with Crippen molar-refractivity contribution in [3.63, 3.8) is 0 Å². The summed E-state index contributed by atoms with van der Waals surface area (Å²) in [6.07, 6.45) is -1.18. The molecule has 1 saturated heterocycles. The van der Waals surface area contributed by atoms with Crippen LogP contribution in [0, 0.1) is 0 Å². The number of hydrogen-bond donors (Lipinski definition) is 1. The SMILES string of the molecule is O=C(NCc1cc(-c2ccc(C(F)(F)F)cc2)ncn1)C1CCCN1S(=O)(=O)c1ccc(Cl)nc1. The van der Waals surface area contributed by atoms with Gasteiger partial charge in [0.15, 0.2) is 0 Å². The Hall–Kier alpha value is -3.09. The number of nitrogens with one attached hydrogen (secondary N) is 1. The van der Waals surface area contributed by atoms with Gasteiger partial charge in [-0.25, -0.2) is 23.4 Å². The van der Waals surface area contributed by atoms with Gasteiger partial charge >= 0.3 is 6.18 Å². The van der Waals surface area contributed by atoms with Crippen molar-refractivity contribution in [2.24, 2.45) is 0 Å². The molecule has 184 valence electrons. The van der Waals surface area contributed by atoms with E-state index >= 15 is 0 Å². The predicted molar refractivity (Wildman–Crippen MR) is 120 cm³/mol. The molecule has 0 radical (unpaired) electrons. The summed E-state index contributed by atoms with van der Waals surface area (Å²) in [5, 5.41) is 2.84. The smallest absolute Gasteiger partial charge is 0.349 e. The van der Waals surface area contributed by atoms with Crippen molar-refractivity contribution in [3.8, 4) is 11.3 Å². The molecule has 1 unspecified atom stereocenters. The second kappa shape index (κ2) is 9.88. The summed E-state index contributed by atoms with van der Waals surface area (Å²) in [6, 6.07) is 7.89. The lowest BCUT2D eigenvalue weighted by molar-refractivity contribution is -0.137. The van der Waals surface area contributed by atoms with E-state index in [-0.39, 0.29) is 23.1 Å². The van der Waals surface area contributed by atoms with Crippen LogP contribution in [0.2, 0.25) is 5.15 Å². The molecule has 2 aromatic heterocycles. The molecule has 1 aromatic carbocycles. The monoisotopic (exact) mass is 525 g/mol. The van der Waals surface area contributed by atoms with Gasteiger partial charge in [-0.3, -0.25) is 4.79 Å². The summed E-state index contributed by atoms with van der Waals surface area (Å²) in [5.41, 5.74) is 0.488. The standard InChI is InChI=1S/C22H19ClF3N5O3S/c23-20-8-7-17(12-27-20)35(33,34)31-9-1-2-19(31)21(32)28-11-16-10-18(30-13-29-16)14-3-5-15(6-4-14)22(24,25)26/h3-8,10,12-13,19H,1-2,9,11H2,(H,28,32). The first-order valence-corrected chi connectivity index (χ1v) is 12.3. The average Bonchev–Trinajstić information content (AvgIpc) is 3.34. The molecule has 1 atom stereocenters. The van der Waals surface area contributed by atoms with Gasteiger partial charge in [-0.2, -0.15) is 17.5 Å². The number of nitrogens with zero attached hydrogens (tertiary/aromatic N) is 4. The Balaban J connectivity index is 1.44. The zero-order valence-electron chi connectivity index (χ0n) is 18.0. The third-order valence-corrected chi connectivity index (χ3v) is 7.60. The predicted octanol–water partition coefficient (Wildman–Crippen LogP) is 3.68. The van der Waals surface area contributed by atoms with Crippen LogP contribution in [-0.4, -0.2) is 46.2 Å². The third-order valence-electron chi connectivity index (χ3n) is 5.49. The number of carbonyl (C=O) groups excluding carboxylic acids is 1. The summed E-state index contributed by atoms with van der Waals surface area (Å²) >= 11 is 5.74. The highest BCUT2D eigenvalue weighted by Gasteiger charge is 2.39. The summed E-state index contributed by atoms with van der Waals surface area (Å²) in [6.45, 7) is 0.177. The Kier molecular flexibility index (Phi) is 7.06. The first kappa shape index (κ1) is 25.0. The number of carbonyl (C=O) groups is 1. The quantitative estimate of drug-likeness (QED) is 0.492. The van der Waals surface area contributed by atoms with Crippen LogP contribution in [0.15, 0.2) is 59.9 Å². The van der Waals surface area contributed by atoms with Gasteiger partial charge in [0.05, 0.1) is 23.5 Å². The van der Waals surface area contributed by atoms with Gasteiger partial charge in [-0.05, 0) is 43.2 Å². The van der Waals surface area contributed by atoms with E-state index in [1.807, 2.05) is 0 Å². The van der Waals surface area contributed by atoms with E-state index in [4.69, 9.17) is 11.6 Å². The molecular formula is C22H19ClF3N5O3S. The Morgan fingerprint density at radius 3 is 2.51 bits per heavy atom. The van der Waals surface area contributed by atoms with E-state index in [0.29, 0.717) is 29.8 Å². The van der Waals surface area contributed by atoms with E-state index in [2.05, 4.69) is 20.3 Å². The van der Waals surface area contributed by atoms with Crippen LogP contribution in [0.4, 0.5) is 13.2 Å². The van der Waals surface area contributed by atoms with Crippen LogP contribution in [0.3, 0.4) is 0 Å². The van der Waals surface area contributed by atoms with Crippen LogP contribution in [0.25, 0.3) is 11.3 Å². The number of sulfonamides is 1. The minimum atomic E-state index is -4.44. The molecule has 0 bridgehead atoms. The topological polar surface area (TPSA) is 105 Å². The zero-order chi connectivity index (χ0) is 25.2. The van der Waals surface area contributed by atoms with Gasteiger partial charge in [-0.1, -0.05) is 23.7 Å². The molecule has 4 rings (SSSR count). The Morgan fingerprint density at radius 1 is 1.11 bits per heavy atom. The van der Waals surface area contributed by atoms with Crippen molar-refractivity contribution in [2.75, 3.05) is 6.54 Å². The molecule has 13 heteroatoms. The lowest BCUT2D eigenvalue weighted by atomic mass is 10.1. The Bertz CT molecular complexity index is 1320. The largest absolute Gasteiger partial charge is 0.416 e. The van der Waals surface area contributed by atoms with Crippen LogP contribution in [0.5, 0.6) is 0 Å². The maximum Gasteiger partial charge on any atom is 0.416 e. The summed E-state index contributed by atoms with van der Waals surface area (Å²) in [4.78, 5) is 24.8. The lowest BCUT2D eigenvalue weighted by Crippen LogP contribution is -2.45. The fourth-order valence-corrected chi connectivity index (χ4v) is 5.43. The molecule has 1 amide bonds. The summed E-state index contributed by atoms with van der Waals surface area (Å²) in [5.74, 6) is -0.484. The van der Waals surface area contributed by atoms with Gasteiger partial charge in [0.1, 0.15) is 22.4 Å². The molecule has 0 aliphatic carbocycles. The van der Waals surface area contributed by atoms with Crippen molar-refractivity contribution in [1.82, 2.24) is 24.6 Å². The van der Waals surface area contributed by atoms with Crippen molar-refractivity contribution in [1.29, 1.82) is 0 Å². The minimum Gasteiger partial charge on any atom is -0.349 e. The molecule has 1 aliphatic heterocycles. The van der Waals surface area contributed by atoms with Gasteiger partial charge in [0.25, 0.3) is 0 Å². The Morgan fingerprint density at radius 2 is 1.86 bits per heavy atom. The number of hydrogen-bond acceptors (Lipinski definition) is 6. The molecule has 1 fully saturated rings. The second-order valence-corrected chi connectivity index (χ2v) is 10.1. The van der Waals surface area contributed by atoms with E-state index in [1.54, 1.807) is 6.07 Å². The number of aromatic nitrogens is 3. The highest BCUT2D eigenvalue weighted by atomic mass is 35.5. The first-order chi connectivity index (χ1) is 16.6. The molecule has 35 heavy (non-hydrogen) atoms. The van der Waals surface area contributed by atoms with E-state index in [1.165, 1.54) is 30.6 Å². The normalized spacial score (nSPS) is 16.9. The highest BCUT2D eigenvalue weighted by Crippen LogP contribution is 2.31. The van der Waals surface area contributed by atoms with Gasteiger partial charge in [-0.15, -0.1) is 0 Å². The van der Waals surface area contributed by atoms with Crippen LogP contribution < -0.4 is 5.32 Å². The number of rotatable bonds is 6. The Labute approximate surface area is 204 Å². The number of benzene rings is 1. The summed E-state index contributed by atoms with van der Waals surface area (Å²) < 4.78 is 65.5. The average molecular weight is 526 g/mol. The maximum atomic E-state index is 13.0. The first-order valence-electron chi connectivity index (χ1n) is 10.5. The number of pyridine rings is 1. The van der Waals surface area contributed by atoms with Crippen molar-refractivity contribution in [3.05, 3.63) is 71.4 Å². The van der Waals surface area contributed by atoms with E-state index in [9.17, 15) is 26.4 Å². The fraction of sp³-hybridized carbons (Fsp3) is 0.273. The molecule has 1 aliphatic rings. The number of halogens is 4. The zero-order valence-corrected chi connectivity index (χ0v) is 19.6. The van der Waals surface area contributed by atoms with E-state index in [0.717, 1.165) is 22.6 Å². The van der Waals surface area contributed by atoms with Gasteiger partial charge < -0.3 is 5.32 Å². The molecule has 0 saturated carbocycles. The number of alkyl halides is 3. The number of amides is 1. The third kappa shape index (κ3) is 5.60. The fourth-order valence-electron chi connectivity index (χ4n) is 3.72. The van der Waals surface area contributed by atoms with E-state index < -0.39 is 33.7 Å². The minimum absolute atomic E-state index is 0.0120. The molecule has 1 N–H and O–H groups in total. The molecular weight excluding hydrogens is 507 g/mol. The molecule has 3 heterocycles. The lowest BCUT2D eigenvalue weighted by Gasteiger charge is -2.23. The molecule has 0 spiro atoms. The van der Waals surface area contributed by atoms with Gasteiger partial charge in [0, 0.05) is 18.3 Å². The van der Waals surface area contributed by atoms with Gasteiger partial charge in [0.2, 0.25) is 15.9 Å². The van der Waals surface area contributed by atoms with Crippen LogP contribution >= 0.6 is 11.6 Å². The van der Waals surface area contributed by atoms with Crippen molar-refractivity contribution in [2.45, 2.75) is 36.5 Å². The maximum absolute atomic E-state index is 13.0. The van der Waals surface area contributed by atoms with Crippen molar-refractivity contribution >= 4 is 27.5 Å². The van der Waals surface area contributed by atoms with Crippen LogP contribution in [0.1, 0.15) is 24.1 Å². The molecule has 3 aromatic rings. The second-order valence-electron chi connectivity index (χ2n) is 7.78. The summed E-state index contributed by atoms with van der Waals surface area (Å²) in [7, 11) is -3.94.